The van der Waals surface area contributed by atoms with Crippen molar-refractivity contribution in [1.29, 1.82) is 0 Å². The number of benzene rings is 1. The molecule has 142 valence electrons. The number of para-hydroxylation sites is 1. The van der Waals surface area contributed by atoms with Crippen molar-refractivity contribution in [3.05, 3.63) is 50.9 Å². The number of nitrogens with zero attached hydrogens (tertiary/aromatic N) is 3. The lowest BCUT2D eigenvalue weighted by atomic mass is 9.88. The highest BCUT2D eigenvalue weighted by molar-refractivity contribution is 9.10. The van der Waals surface area contributed by atoms with E-state index in [0.29, 0.717) is 45.8 Å². The lowest BCUT2D eigenvalue weighted by molar-refractivity contribution is -0.116. The minimum atomic E-state index is -0.558. The van der Waals surface area contributed by atoms with Crippen LogP contribution in [-0.2, 0) is 4.79 Å². The van der Waals surface area contributed by atoms with Crippen molar-refractivity contribution in [2.75, 3.05) is 5.32 Å². The molecule has 8 nitrogen and oxygen atoms in total. The Morgan fingerprint density at radius 1 is 1.32 bits per heavy atom. The average molecular weight is 462 g/mol. The van der Waals surface area contributed by atoms with E-state index in [-0.39, 0.29) is 5.78 Å². The van der Waals surface area contributed by atoms with Crippen LogP contribution in [-0.4, -0.2) is 26.9 Å². The lowest BCUT2D eigenvalue weighted by Gasteiger charge is -2.29. The Morgan fingerprint density at radius 3 is 3.00 bits per heavy atom. The van der Waals surface area contributed by atoms with Gasteiger partial charge in [-0.05, 0) is 40.9 Å². The van der Waals surface area contributed by atoms with Gasteiger partial charge in [0.2, 0.25) is 5.96 Å². The number of ketones is 1. The molecular formula is C18H14BrClN6O2. The van der Waals surface area contributed by atoms with Gasteiger partial charge in [0.1, 0.15) is 11.6 Å². The number of carbonyl (C=O) groups excluding carboxylic acids is 1. The SMILES string of the molecule is O=C1CCCC2=C1C(c1[nH]ncc1Cl)N=C(Nc1nc3c(Br)cccc3o1)N2. The monoisotopic (exact) mass is 460 g/mol. The second-order valence-electron chi connectivity index (χ2n) is 6.54. The summed E-state index contributed by atoms with van der Waals surface area (Å²) in [7, 11) is 0. The van der Waals surface area contributed by atoms with Gasteiger partial charge in [-0.25, -0.2) is 4.99 Å². The summed E-state index contributed by atoms with van der Waals surface area (Å²) in [4.78, 5) is 21.7. The van der Waals surface area contributed by atoms with E-state index in [2.05, 4.69) is 46.7 Å². The number of fused-ring (bicyclic) bond motifs is 1. The molecule has 3 heterocycles. The maximum atomic E-state index is 12.6. The van der Waals surface area contributed by atoms with Crippen molar-refractivity contribution >= 4 is 56.4 Å². The molecule has 5 rings (SSSR count). The first-order chi connectivity index (χ1) is 13.6. The third kappa shape index (κ3) is 2.91. The van der Waals surface area contributed by atoms with Crippen LogP contribution in [0.1, 0.15) is 31.0 Å². The number of aromatic nitrogens is 3. The largest absolute Gasteiger partial charge is 0.423 e. The third-order valence-electron chi connectivity index (χ3n) is 4.75. The molecular weight excluding hydrogens is 448 g/mol. The van der Waals surface area contributed by atoms with Crippen LogP contribution in [0.3, 0.4) is 0 Å². The van der Waals surface area contributed by atoms with Crippen LogP contribution in [0.25, 0.3) is 11.1 Å². The minimum absolute atomic E-state index is 0.0676. The normalized spacial score (nSPS) is 19.4. The van der Waals surface area contributed by atoms with Gasteiger partial charge in [-0.1, -0.05) is 17.7 Å². The Morgan fingerprint density at radius 2 is 2.21 bits per heavy atom. The van der Waals surface area contributed by atoms with Crippen molar-refractivity contribution in [1.82, 2.24) is 20.5 Å². The quantitative estimate of drug-likeness (QED) is 0.530. The van der Waals surface area contributed by atoms with Crippen LogP contribution in [0.2, 0.25) is 5.02 Å². The highest BCUT2D eigenvalue weighted by Gasteiger charge is 2.34. The first kappa shape index (κ1) is 17.4. The number of aliphatic imine (C=N–C) groups is 1. The number of aromatic amines is 1. The van der Waals surface area contributed by atoms with Crippen LogP contribution in [0.15, 0.2) is 49.5 Å². The van der Waals surface area contributed by atoms with E-state index in [1.54, 1.807) is 0 Å². The van der Waals surface area contributed by atoms with Gasteiger partial charge in [0.25, 0.3) is 0 Å². The summed E-state index contributed by atoms with van der Waals surface area (Å²) in [5.74, 6) is 0.504. The smallest absolute Gasteiger partial charge is 0.302 e. The van der Waals surface area contributed by atoms with Gasteiger partial charge in [-0.15, -0.1) is 0 Å². The Hall–Kier alpha value is -2.65. The number of rotatable bonds is 2. The van der Waals surface area contributed by atoms with Gasteiger partial charge in [-0.2, -0.15) is 10.1 Å². The van der Waals surface area contributed by atoms with E-state index in [1.807, 2.05) is 18.2 Å². The van der Waals surface area contributed by atoms with Crippen molar-refractivity contribution in [3.63, 3.8) is 0 Å². The summed E-state index contributed by atoms with van der Waals surface area (Å²) < 4.78 is 6.59. The molecule has 2 aliphatic rings. The van der Waals surface area contributed by atoms with Crippen molar-refractivity contribution in [2.24, 2.45) is 4.99 Å². The maximum Gasteiger partial charge on any atom is 0.302 e. The summed E-state index contributed by atoms with van der Waals surface area (Å²) in [5.41, 5.74) is 3.41. The van der Waals surface area contributed by atoms with E-state index in [4.69, 9.17) is 16.0 Å². The van der Waals surface area contributed by atoms with Crippen LogP contribution >= 0.6 is 27.5 Å². The number of carbonyl (C=O) groups is 1. The second kappa shape index (κ2) is 6.75. The zero-order valence-electron chi connectivity index (χ0n) is 14.4. The number of Topliss-reactive ketones (excluding diaryl/α,β-unsaturated/α-hetero) is 1. The van der Waals surface area contributed by atoms with Gasteiger partial charge in [0.05, 0.1) is 16.9 Å². The predicted molar refractivity (Wildman–Crippen MR) is 108 cm³/mol. The fraction of sp³-hybridized carbons (Fsp3) is 0.222. The molecule has 10 heteroatoms. The van der Waals surface area contributed by atoms with Gasteiger partial charge in [0.15, 0.2) is 11.4 Å². The molecule has 0 amide bonds. The molecule has 28 heavy (non-hydrogen) atoms. The van der Waals surface area contributed by atoms with E-state index >= 15 is 0 Å². The molecule has 0 radical (unpaired) electrons. The number of hydrogen-bond donors (Lipinski definition) is 3. The third-order valence-corrected chi connectivity index (χ3v) is 5.69. The molecule has 0 spiro atoms. The van der Waals surface area contributed by atoms with Crippen molar-refractivity contribution in [2.45, 2.75) is 25.3 Å². The zero-order chi connectivity index (χ0) is 19.3. The van der Waals surface area contributed by atoms with Crippen molar-refractivity contribution in [3.8, 4) is 0 Å². The van der Waals surface area contributed by atoms with Gasteiger partial charge in [-0.3, -0.25) is 15.2 Å². The zero-order valence-corrected chi connectivity index (χ0v) is 16.8. The predicted octanol–water partition coefficient (Wildman–Crippen LogP) is 4.09. The number of oxazole rings is 1. The van der Waals surface area contributed by atoms with E-state index in [1.165, 1.54) is 6.20 Å². The van der Waals surface area contributed by atoms with Gasteiger partial charge >= 0.3 is 6.01 Å². The number of allylic oxidation sites excluding steroid dienone is 1. The molecule has 2 aromatic heterocycles. The molecule has 0 saturated carbocycles. The fourth-order valence-electron chi connectivity index (χ4n) is 3.49. The molecule has 1 atom stereocenters. The first-order valence-electron chi connectivity index (χ1n) is 8.72. The number of H-pyrrole nitrogens is 1. The van der Waals surface area contributed by atoms with Crippen molar-refractivity contribution < 1.29 is 9.21 Å². The number of nitrogens with one attached hydrogen (secondary N) is 3. The van der Waals surface area contributed by atoms with Crippen LogP contribution in [0.5, 0.6) is 0 Å². The molecule has 1 aliphatic heterocycles. The second-order valence-corrected chi connectivity index (χ2v) is 7.80. The molecule has 0 bridgehead atoms. The van der Waals surface area contributed by atoms with Crippen LogP contribution in [0, 0.1) is 0 Å². The number of anilines is 1. The fourth-order valence-corrected chi connectivity index (χ4v) is 4.13. The topological polar surface area (TPSA) is 108 Å². The number of halogens is 2. The van der Waals surface area contributed by atoms with Crippen LogP contribution in [0.4, 0.5) is 6.01 Å². The molecule has 3 aromatic rings. The number of guanidine groups is 1. The maximum absolute atomic E-state index is 12.6. The summed E-state index contributed by atoms with van der Waals surface area (Å²) in [6.07, 6.45) is 3.55. The Balaban J connectivity index is 1.53. The standard InChI is InChI=1S/C18H14BrClN6O2/c19-8-3-1-6-12-14(8)24-18(28-12)25-17-22-10-4-2-5-11(27)13(10)16(23-17)15-9(20)7-21-26-15/h1,3,6-7,16H,2,4-5H2,(H,21,26)(H2,22,23,24,25). The summed E-state index contributed by atoms with van der Waals surface area (Å²) in [6, 6.07) is 5.35. The molecule has 1 aromatic carbocycles. The summed E-state index contributed by atoms with van der Waals surface area (Å²) >= 11 is 9.72. The highest BCUT2D eigenvalue weighted by Crippen LogP contribution is 2.38. The van der Waals surface area contributed by atoms with Gasteiger partial charge in [0, 0.05) is 22.2 Å². The summed E-state index contributed by atoms with van der Waals surface area (Å²) in [6.45, 7) is 0. The lowest BCUT2D eigenvalue weighted by Crippen LogP contribution is -2.38. The minimum Gasteiger partial charge on any atom is -0.423 e. The van der Waals surface area contributed by atoms with Gasteiger partial charge < -0.3 is 9.73 Å². The Bertz CT molecular complexity index is 1160. The molecule has 0 fully saturated rings. The van der Waals surface area contributed by atoms with Crippen LogP contribution < -0.4 is 10.6 Å². The average Bonchev–Trinajstić information content (AvgIpc) is 3.28. The molecule has 0 saturated heterocycles. The first-order valence-corrected chi connectivity index (χ1v) is 9.89. The Labute approximate surface area is 172 Å². The Kier molecular flexibility index (Phi) is 4.21. The molecule has 3 N–H and O–H groups in total. The molecule has 1 aliphatic carbocycles. The van der Waals surface area contributed by atoms with E-state index < -0.39 is 6.04 Å². The van der Waals surface area contributed by atoms with E-state index in [0.717, 1.165) is 23.0 Å². The van der Waals surface area contributed by atoms with E-state index in [9.17, 15) is 4.79 Å². The molecule has 1 unspecified atom stereocenters. The summed E-state index contributed by atoms with van der Waals surface area (Å²) in [5, 5.41) is 13.6. The number of hydrogen-bond acceptors (Lipinski definition) is 7. The highest BCUT2D eigenvalue weighted by atomic mass is 79.9.